The molecule has 0 heterocycles. The second-order valence-electron chi connectivity index (χ2n) is 9.29. The van der Waals surface area contributed by atoms with Gasteiger partial charge in [-0.25, -0.2) is 4.39 Å². The zero-order chi connectivity index (χ0) is 20.6. The van der Waals surface area contributed by atoms with E-state index in [1.807, 2.05) is 6.07 Å². The van der Waals surface area contributed by atoms with Gasteiger partial charge in [-0.3, -0.25) is 0 Å². The van der Waals surface area contributed by atoms with Gasteiger partial charge in [0.25, 0.3) is 0 Å². The highest BCUT2D eigenvalue weighted by atomic mass is 19.4. The summed E-state index contributed by atoms with van der Waals surface area (Å²) in [6, 6.07) is 6.80. The SMILES string of the molecule is CCCCC1CCC2CC(c3cc(F)c4cc(C(F)(F)F)ccc4c3)CCC2C1. The molecule has 4 rings (SSSR count). The smallest absolute Gasteiger partial charge is 0.206 e. The van der Waals surface area contributed by atoms with E-state index in [9.17, 15) is 17.6 Å². The summed E-state index contributed by atoms with van der Waals surface area (Å²) >= 11 is 0. The van der Waals surface area contributed by atoms with Crippen LogP contribution in [0.15, 0.2) is 30.3 Å². The third-order valence-corrected chi connectivity index (χ3v) is 7.41. The zero-order valence-electron chi connectivity index (χ0n) is 17.1. The Morgan fingerprint density at radius 3 is 2.45 bits per heavy atom. The van der Waals surface area contributed by atoms with Gasteiger partial charge in [-0.15, -0.1) is 0 Å². The lowest BCUT2D eigenvalue weighted by Gasteiger charge is -2.42. The maximum absolute atomic E-state index is 14.7. The monoisotopic (exact) mass is 406 g/mol. The summed E-state index contributed by atoms with van der Waals surface area (Å²) < 4.78 is 53.6. The van der Waals surface area contributed by atoms with Crippen molar-refractivity contribution in [1.29, 1.82) is 0 Å². The van der Waals surface area contributed by atoms with Gasteiger partial charge in [0.15, 0.2) is 0 Å². The van der Waals surface area contributed by atoms with Crippen LogP contribution in [0.3, 0.4) is 0 Å². The molecular weight excluding hydrogens is 376 g/mol. The van der Waals surface area contributed by atoms with Crippen molar-refractivity contribution >= 4 is 10.8 Å². The molecular formula is C25H30F4. The fourth-order valence-electron chi connectivity index (χ4n) is 5.79. The van der Waals surface area contributed by atoms with Gasteiger partial charge in [-0.05, 0) is 84.9 Å². The summed E-state index contributed by atoms with van der Waals surface area (Å²) in [6.45, 7) is 2.25. The van der Waals surface area contributed by atoms with Crippen molar-refractivity contribution in [2.75, 3.05) is 0 Å². The lowest BCUT2D eigenvalue weighted by atomic mass is 9.63. The molecule has 2 aliphatic carbocycles. The van der Waals surface area contributed by atoms with Crippen molar-refractivity contribution in [3.8, 4) is 0 Å². The Hall–Kier alpha value is -1.58. The normalized spacial score (nSPS) is 27.8. The molecule has 2 aromatic rings. The van der Waals surface area contributed by atoms with E-state index < -0.39 is 17.6 Å². The number of alkyl halides is 3. The molecule has 4 heteroatoms. The second-order valence-corrected chi connectivity index (χ2v) is 9.29. The summed E-state index contributed by atoms with van der Waals surface area (Å²) in [5, 5.41) is 0.632. The molecule has 0 amide bonds. The molecule has 0 saturated heterocycles. The standard InChI is InChI=1S/C25H30F4/c1-2-3-4-16-5-6-18-12-19(8-7-17(18)11-16)21-13-20-9-10-22(25(27,28)29)15-23(20)24(26)14-21/h9-10,13-19H,2-8,11-12H2,1H3. The van der Waals surface area contributed by atoms with Crippen molar-refractivity contribution < 1.29 is 17.6 Å². The predicted octanol–water partition coefficient (Wildman–Crippen LogP) is 8.49. The Bertz CT molecular complexity index is 854. The number of fused-ring (bicyclic) bond motifs is 2. The van der Waals surface area contributed by atoms with E-state index in [4.69, 9.17) is 0 Å². The molecule has 29 heavy (non-hydrogen) atoms. The largest absolute Gasteiger partial charge is 0.416 e. The summed E-state index contributed by atoms with van der Waals surface area (Å²) in [7, 11) is 0. The second kappa shape index (κ2) is 8.28. The van der Waals surface area contributed by atoms with Crippen LogP contribution in [0.5, 0.6) is 0 Å². The van der Waals surface area contributed by atoms with Crippen molar-refractivity contribution in [2.45, 2.75) is 76.8 Å². The third-order valence-electron chi connectivity index (χ3n) is 7.41. The van der Waals surface area contributed by atoms with E-state index in [2.05, 4.69) is 6.92 Å². The molecule has 4 atom stereocenters. The first-order valence-electron chi connectivity index (χ1n) is 11.2. The van der Waals surface area contributed by atoms with Crippen LogP contribution in [0.2, 0.25) is 0 Å². The molecule has 0 aliphatic heterocycles. The molecule has 2 fully saturated rings. The molecule has 2 aromatic carbocycles. The highest BCUT2D eigenvalue weighted by Crippen LogP contribution is 2.48. The van der Waals surface area contributed by atoms with Gasteiger partial charge >= 0.3 is 6.18 Å². The van der Waals surface area contributed by atoms with Gasteiger partial charge < -0.3 is 0 Å². The minimum atomic E-state index is -4.45. The Morgan fingerprint density at radius 1 is 0.931 bits per heavy atom. The quantitative estimate of drug-likeness (QED) is 0.447. The number of rotatable bonds is 4. The topological polar surface area (TPSA) is 0 Å². The first kappa shape index (κ1) is 20.7. The van der Waals surface area contributed by atoms with Crippen molar-refractivity contribution in [3.63, 3.8) is 0 Å². The maximum Gasteiger partial charge on any atom is 0.416 e. The number of unbranched alkanes of at least 4 members (excludes halogenated alkanes) is 1. The summed E-state index contributed by atoms with van der Waals surface area (Å²) in [5.41, 5.74) is 0.165. The van der Waals surface area contributed by atoms with Crippen LogP contribution in [0.25, 0.3) is 10.8 Å². The van der Waals surface area contributed by atoms with E-state index in [0.29, 0.717) is 11.3 Å². The van der Waals surface area contributed by atoms with Crippen LogP contribution in [-0.4, -0.2) is 0 Å². The molecule has 4 unspecified atom stereocenters. The molecule has 2 saturated carbocycles. The number of hydrogen-bond donors (Lipinski definition) is 0. The lowest BCUT2D eigenvalue weighted by molar-refractivity contribution is -0.137. The molecule has 0 bridgehead atoms. The van der Waals surface area contributed by atoms with E-state index in [-0.39, 0.29) is 5.39 Å². The average molecular weight is 407 g/mol. The highest BCUT2D eigenvalue weighted by molar-refractivity contribution is 5.84. The highest BCUT2D eigenvalue weighted by Gasteiger charge is 2.36. The van der Waals surface area contributed by atoms with Crippen molar-refractivity contribution in [2.24, 2.45) is 17.8 Å². The minimum absolute atomic E-state index is 0.0636. The fraction of sp³-hybridized carbons (Fsp3) is 0.600. The van der Waals surface area contributed by atoms with E-state index >= 15 is 0 Å². The van der Waals surface area contributed by atoms with Crippen molar-refractivity contribution in [3.05, 3.63) is 47.3 Å². The molecule has 2 aliphatic rings. The van der Waals surface area contributed by atoms with Crippen LogP contribution in [-0.2, 0) is 6.18 Å². The molecule has 0 spiro atoms. The molecule has 158 valence electrons. The van der Waals surface area contributed by atoms with Gasteiger partial charge in [-0.2, -0.15) is 13.2 Å². The van der Waals surface area contributed by atoms with E-state index in [1.165, 1.54) is 57.1 Å². The van der Waals surface area contributed by atoms with Gasteiger partial charge in [0.2, 0.25) is 0 Å². The maximum atomic E-state index is 14.7. The lowest BCUT2D eigenvalue weighted by Crippen LogP contribution is -2.30. The van der Waals surface area contributed by atoms with Crippen LogP contribution < -0.4 is 0 Å². The van der Waals surface area contributed by atoms with Crippen LogP contribution in [0.1, 0.15) is 81.8 Å². The Labute approximate surface area is 170 Å². The van der Waals surface area contributed by atoms with Gasteiger partial charge in [0.05, 0.1) is 5.56 Å². The predicted molar refractivity (Wildman–Crippen MR) is 109 cm³/mol. The zero-order valence-corrected chi connectivity index (χ0v) is 17.1. The first-order chi connectivity index (χ1) is 13.8. The van der Waals surface area contributed by atoms with Crippen LogP contribution in [0.4, 0.5) is 17.6 Å². The average Bonchev–Trinajstić information content (AvgIpc) is 2.70. The van der Waals surface area contributed by atoms with E-state index in [1.54, 1.807) is 0 Å². The van der Waals surface area contributed by atoms with Gasteiger partial charge in [0.1, 0.15) is 5.82 Å². The Balaban J connectivity index is 1.50. The summed E-state index contributed by atoms with van der Waals surface area (Å²) in [6.07, 6.45) is 6.81. The summed E-state index contributed by atoms with van der Waals surface area (Å²) in [5.74, 6) is 2.20. The Kier molecular flexibility index (Phi) is 5.90. The first-order valence-corrected chi connectivity index (χ1v) is 11.2. The molecule has 0 nitrogen and oxygen atoms in total. The third kappa shape index (κ3) is 4.46. The van der Waals surface area contributed by atoms with Crippen molar-refractivity contribution in [1.82, 2.24) is 0 Å². The number of hydrogen-bond acceptors (Lipinski definition) is 0. The Morgan fingerprint density at radius 2 is 1.69 bits per heavy atom. The van der Waals surface area contributed by atoms with Gasteiger partial charge in [0, 0.05) is 5.39 Å². The van der Waals surface area contributed by atoms with E-state index in [0.717, 1.165) is 48.3 Å². The fourth-order valence-corrected chi connectivity index (χ4v) is 5.79. The number of benzene rings is 2. The van der Waals surface area contributed by atoms with Crippen LogP contribution >= 0.6 is 0 Å². The molecule has 0 aromatic heterocycles. The van der Waals surface area contributed by atoms with Crippen LogP contribution in [0, 0.1) is 23.6 Å². The molecule has 0 N–H and O–H groups in total. The molecule has 0 radical (unpaired) electrons. The minimum Gasteiger partial charge on any atom is -0.206 e. The number of halogens is 4. The van der Waals surface area contributed by atoms with Gasteiger partial charge in [-0.1, -0.05) is 44.7 Å². The summed E-state index contributed by atoms with van der Waals surface area (Å²) in [4.78, 5) is 0.